The molecule has 16 heavy (non-hydrogen) atoms. The molecule has 1 amide bonds. The molecule has 0 spiro atoms. The number of hydrogen-bond acceptors (Lipinski definition) is 3. The summed E-state index contributed by atoms with van der Waals surface area (Å²) in [5.74, 6) is -0.297. The van der Waals surface area contributed by atoms with Crippen molar-refractivity contribution >= 4 is 5.91 Å². The summed E-state index contributed by atoms with van der Waals surface area (Å²) in [4.78, 5) is 15.2. The number of carbonyl (C=O) groups is 1. The molecule has 1 rings (SSSR count). The molecule has 0 aliphatic heterocycles. The van der Waals surface area contributed by atoms with Gasteiger partial charge in [-0.15, -0.1) is 0 Å². The maximum atomic E-state index is 11.0. The number of aromatic nitrogens is 1. The van der Waals surface area contributed by atoms with Crippen molar-refractivity contribution in [1.29, 1.82) is 0 Å². The number of pyridine rings is 1. The second-order valence-electron chi connectivity index (χ2n) is 3.91. The SMILES string of the molecule is CCCNC(CC(N)=O)c1ccc(C)nc1. The van der Waals surface area contributed by atoms with E-state index in [-0.39, 0.29) is 11.9 Å². The number of nitrogens with two attached hydrogens (primary N) is 1. The van der Waals surface area contributed by atoms with E-state index in [2.05, 4.69) is 17.2 Å². The number of aryl methyl sites for hydroxylation is 1. The normalized spacial score (nSPS) is 12.4. The number of hydrogen-bond donors (Lipinski definition) is 2. The first kappa shape index (κ1) is 12.6. The number of nitrogens with zero attached hydrogens (tertiary/aromatic N) is 1. The zero-order valence-electron chi connectivity index (χ0n) is 9.86. The molecule has 1 aromatic heterocycles. The largest absolute Gasteiger partial charge is 0.370 e. The molecule has 1 aromatic rings. The Hall–Kier alpha value is -1.42. The maximum absolute atomic E-state index is 11.0. The Balaban J connectivity index is 2.74. The second kappa shape index (κ2) is 6.23. The molecule has 0 fully saturated rings. The van der Waals surface area contributed by atoms with E-state index in [0.717, 1.165) is 24.2 Å². The van der Waals surface area contributed by atoms with Crippen LogP contribution in [0.5, 0.6) is 0 Å². The number of primary amides is 1. The third-order valence-corrected chi connectivity index (χ3v) is 2.38. The average Bonchev–Trinajstić information content (AvgIpc) is 2.25. The Morgan fingerprint density at radius 1 is 1.56 bits per heavy atom. The number of amides is 1. The second-order valence-corrected chi connectivity index (χ2v) is 3.91. The smallest absolute Gasteiger partial charge is 0.219 e. The van der Waals surface area contributed by atoms with Crippen LogP contribution in [-0.2, 0) is 4.79 Å². The molecule has 0 saturated carbocycles. The van der Waals surface area contributed by atoms with Gasteiger partial charge in [0, 0.05) is 24.4 Å². The van der Waals surface area contributed by atoms with Crippen LogP contribution in [0.2, 0.25) is 0 Å². The van der Waals surface area contributed by atoms with E-state index < -0.39 is 0 Å². The minimum atomic E-state index is -0.297. The molecule has 0 saturated heterocycles. The summed E-state index contributed by atoms with van der Waals surface area (Å²) in [5.41, 5.74) is 7.21. The lowest BCUT2D eigenvalue weighted by Crippen LogP contribution is -2.27. The number of rotatable bonds is 6. The molecule has 0 bridgehead atoms. The summed E-state index contributed by atoms with van der Waals surface area (Å²) in [6, 6.07) is 3.90. The predicted octanol–water partition coefficient (Wildman–Crippen LogP) is 1.31. The lowest BCUT2D eigenvalue weighted by Gasteiger charge is -2.17. The van der Waals surface area contributed by atoms with Gasteiger partial charge in [0.2, 0.25) is 5.91 Å². The van der Waals surface area contributed by atoms with Crippen LogP contribution in [0.1, 0.15) is 37.1 Å². The molecule has 1 unspecified atom stereocenters. The van der Waals surface area contributed by atoms with Crippen LogP contribution in [-0.4, -0.2) is 17.4 Å². The van der Waals surface area contributed by atoms with Gasteiger partial charge in [-0.1, -0.05) is 13.0 Å². The van der Waals surface area contributed by atoms with Crippen LogP contribution in [0, 0.1) is 6.92 Å². The molecule has 1 heterocycles. The van der Waals surface area contributed by atoms with Crippen molar-refractivity contribution in [3.8, 4) is 0 Å². The van der Waals surface area contributed by atoms with E-state index in [1.54, 1.807) is 6.20 Å². The van der Waals surface area contributed by atoms with Crippen molar-refractivity contribution in [2.75, 3.05) is 6.54 Å². The molecule has 3 N–H and O–H groups in total. The highest BCUT2D eigenvalue weighted by Crippen LogP contribution is 2.15. The maximum Gasteiger partial charge on any atom is 0.219 e. The number of nitrogens with one attached hydrogen (secondary N) is 1. The molecule has 4 nitrogen and oxygen atoms in total. The highest BCUT2D eigenvalue weighted by molar-refractivity contribution is 5.74. The van der Waals surface area contributed by atoms with E-state index in [1.807, 2.05) is 19.1 Å². The van der Waals surface area contributed by atoms with Gasteiger partial charge >= 0.3 is 0 Å². The standard InChI is InChI=1S/C12H19N3O/c1-3-6-14-11(7-12(13)16)10-5-4-9(2)15-8-10/h4-5,8,11,14H,3,6-7H2,1-2H3,(H2,13,16). The van der Waals surface area contributed by atoms with Crippen molar-refractivity contribution in [2.45, 2.75) is 32.7 Å². The molecule has 88 valence electrons. The Morgan fingerprint density at radius 2 is 2.31 bits per heavy atom. The highest BCUT2D eigenvalue weighted by atomic mass is 16.1. The van der Waals surface area contributed by atoms with Crippen LogP contribution in [0.15, 0.2) is 18.3 Å². The fourth-order valence-corrected chi connectivity index (χ4v) is 1.51. The van der Waals surface area contributed by atoms with Crippen LogP contribution >= 0.6 is 0 Å². The van der Waals surface area contributed by atoms with Gasteiger partial charge in [-0.05, 0) is 31.5 Å². The molecule has 0 aliphatic carbocycles. The molecule has 0 radical (unpaired) electrons. The summed E-state index contributed by atoms with van der Waals surface area (Å²) >= 11 is 0. The Morgan fingerprint density at radius 3 is 2.81 bits per heavy atom. The molecular weight excluding hydrogens is 202 g/mol. The average molecular weight is 221 g/mol. The predicted molar refractivity (Wildman–Crippen MR) is 63.8 cm³/mol. The van der Waals surface area contributed by atoms with E-state index >= 15 is 0 Å². The first-order valence-electron chi connectivity index (χ1n) is 5.57. The molecule has 1 atom stereocenters. The molecule has 0 aliphatic rings. The van der Waals surface area contributed by atoms with Crippen molar-refractivity contribution in [3.63, 3.8) is 0 Å². The monoisotopic (exact) mass is 221 g/mol. The Labute approximate surface area is 96.3 Å². The van der Waals surface area contributed by atoms with Crippen LogP contribution in [0.4, 0.5) is 0 Å². The third kappa shape index (κ3) is 3.98. The summed E-state index contributed by atoms with van der Waals surface area (Å²) in [7, 11) is 0. The zero-order valence-corrected chi connectivity index (χ0v) is 9.86. The summed E-state index contributed by atoms with van der Waals surface area (Å²) in [5, 5.41) is 3.30. The fraction of sp³-hybridized carbons (Fsp3) is 0.500. The quantitative estimate of drug-likeness (QED) is 0.761. The van der Waals surface area contributed by atoms with Crippen LogP contribution < -0.4 is 11.1 Å². The molecular formula is C12H19N3O. The lowest BCUT2D eigenvalue weighted by atomic mass is 10.1. The first-order chi connectivity index (χ1) is 7.63. The summed E-state index contributed by atoms with van der Waals surface area (Å²) in [6.07, 6.45) is 3.13. The van der Waals surface area contributed by atoms with Gasteiger partial charge in [0.1, 0.15) is 0 Å². The third-order valence-electron chi connectivity index (χ3n) is 2.38. The van der Waals surface area contributed by atoms with Gasteiger partial charge in [0.05, 0.1) is 0 Å². The van der Waals surface area contributed by atoms with Gasteiger partial charge in [0.15, 0.2) is 0 Å². The summed E-state index contributed by atoms with van der Waals surface area (Å²) < 4.78 is 0. The Bertz CT molecular complexity index is 335. The van der Waals surface area contributed by atoms with Gasteiger partial charge in [0.25, 0.3) is 0 Å². The van der Waals surface area contributed by atoms with Gasteiger partial charge < -0.3 is 11.1 Å². The van der Waals surface area contributed by atoms with E-state index in [4.69, 9.17) is 5.73 Å². The lowest BCUT2D eigenvalue weighted by molar-refractivity contribution is -0.118. The van der Waals surface area contributed by atoms with Gasteiger partial charge in [-0.2, -0.15) is 0 Å². The van der Waals surface area contributed by atoms with Crippen molar-refractivity contribution in [3.05, 3.63) is 29.6 Å². The number of carbonyl (C=O) groups excluding carboxylic acids is 1. The van der Waals surface area contributed by atoms with Crippen LogP contribution in [0.3, 0.4) is 0 Å². The van der Waals surface area contributed by atoms with Gasteiger partial charge in [-0.25, -0.2) is 0 Å². The van der Waals surface area contributed by atoms with E-state index in [0.29, 0.717) is 6.42 Å². The topological polar surface area (TPSA) is 68.0 Å². The Kier molecular flexibility index (Phi) is 4.92. The first-order valence-corrected chi connectivity index (χ1v) is 5.57. The zero-order chi connectivity index (χ0) is 12.0. The molecule has 4 heteroatoms. The summed E-state index contributed by atoms with van der Waals surface area (Å²) in [6.45, 7) is 4.89. The van der Waals surface area contributed by atoms with Crippen LogP contribution in [0.25, 0.3) is 0 Å². The van der Waals surface area contributed by atoms with Crippen molar-refractivity contribution in [1.82, 2.24) is 10.3 Å². The highest BCUT2D eigenvalue weighted by Gasteiger charge is 2.13. The minimum Gasteiger partial charge on any atom is -0.370 e. The molecule has 0 aromatic carbocycles. The minimum absolute atomic E-state index is 0.0226. The fourth-order valence-electron chi connectivity index (χ4n) is 1.51. The van der Waals surface area contributed by atoms with E-state index in [9.17, 15) is 4.79 Å². The van der Waals surface area contributed by atoms with Gasteiger partial charge in [-0.3, -0.25) is 9.78 Å². The van der Waals surface area contributed by atoms with E-state index in [1.165, 1.54) is 0 Å². The van der Waals surface area contributed by atoms with Crippen molar-refractivity contribution in [2.24, 2.45) is 5.73 Å². The van der Waals surface area contributed by atoms with Crippen molar-refractivity contribution < 1.29 is 4.79 Å².